The van der Waals surface area contributed by atoms with Crippen LogP contribution < -0.4 is 18.9 Å². The van der Waals surface area contributed by atoms with E-state index in [1.165, 1.54) is 11.1 Å². The number of carbonyl (C=O) groups excluding carboxylic acids is 2. The van der Waals surface area contributed by atoms with E-state index in [1.54, 1.807) is 38.5 Å². The average molecular weight is 700 g/mol. The first-order valence-electron chi connectivity index (χ1n) is 17.6. The summed E-state index contributed by atoms with van der Waals surface area (Å²) >= 11 is 0. The van der Waals surface area contributed by atoms with E-state index in [2.05, 4.69) is 29.2 Å². The molecule has 0 radical (unpaired) electrons. The summed E-state index contributed by atoms with van der Waals surface area (Å²) in [7, 11) is 5.14. The molecule has 2 atom stereocenters. The molecular weight excluding hydrogens is 658 g/mol. The summed E-state index contributed by atoms with van der Waals surface area (Å²) in [6.07, 6.45) is 5.21. The highest BCUT2D eigenvalue weighted by Crippen LogP contribution is 2.40. The summed E-state index contributed by atoms with van der Waals surface area (Å²) < 4.78 is 23.7. The number of nitrogens with zero attached hydrogens (tertiary/aromatic N) is 5. The molecule has 11 heteroatoms. The van der Waals surface area contributed by atoms with E-state index < -0.39 is 0 Å². The van der Waals surface area contributed by atoms with E-state index >= 15 is 0 Å². The van der Waals surface area contributed by atoms with E-state index in [0.29, 0.717) is 84.9 Å². The molecule has 0 N–H and O–H groups in total. The lowest BCUT2D eigenvalue weighted by Crippen LogP contribution is -2.44. The third kappa shape index (κ3) is 6.36. The lowest BCUT2D eigenvalue weighted by atomic mass is 9.94. The number of methoxy groups -OCH3 is 2. The van der Waals surface area contributed by atoms with Gasteiger partial charge in [-0.1, -0.05) is 48.5 Å². The van der Waals surface area contributed by atoms with Crippen LogP contribution in [-0.2, 0) is 25.9 Å². The molecule has 0 bridgehead atoms. The molecule has 0 fully saturated rings. The van der Waals surface area contributed by atoms with E-state index in [4.69, 9.17) is 28.9 Å². The normalized spacial score (nSPS) is 18.3. The summed E-state index contributed by atoms with van der Waals surface area (Å²) in [5.74, 6) is 1.90. The molecule has 4 aromatic rings. The third-order valence-corrected chi connectivity index (χ3v) is 10.4. The fraction of sp³-hybridized carbons (Fsp3) is 0.317. The summed E-state index contributed by atoms with van der Waals surface area (Å²) in [4.78, 5) is 42.7. The van der Waals surface area contributed by atoms with Gasteiger partial charge in [0.15, 0.2) is 23.0 Å². The lowest BCUT2D eigenvalue weighted by Gasteiger charge is -2.34. The van der Waals surface area contributed by atoms with Crippen LogP contribution >= 0.6 is 0 Å². The molecule has 266 valence electrons. The average Bonchev–Trinajstić information content (AvgIpc) is 3.38. The maximum Gasteiger partial charge on any atom is 0.257 e. The molecule has 2 amide bonds. The highest BCUT2D eigenvalue weighted by Gasteiger charge is 2.35. The number of hydrogen-bond donors (Lipinski definition) is 0. The number of aliphatic imine (C=N–C) groups is 2. The first kappa shape index (κ1) is 33.5. The van der Waals surface area contributed by atoms with Gasteiger partial charge in [0.25, 0.3) is 11.8 Å². The van der Waals surface area contributed by atoms with Crippen molar-refractivity contribution in [3.8, 4) is 23.0 Å². The van der Waals surface area contributed by atoms with Gasteiger partial charge in [0, 0.05) is 50.7 Å². The van der Waals surface area contributed by atoms with Crippen molar-refractivity contribution in [3.63, 3.8) is 0 Å². The number of fused-ring (bicyclic) bond motifs is 6. The molecule has 4 aliphatic rings. The molecule has 0 aromatic heterocycles. The molecule has 0 saturated heterocycles. The summed E-state index contributed by atoms with van der Waals surface area (Å²) in [6, 6.07) is 23.3. The Morgan fingerprint density at radius 3 is 1.48 bits per heavy atom. The molecule has 0 aliphatic carbocycles. The Hall–Kier alpha value is -5.68. The van der Waals surface area contributed by atoms with Crippen LogP contribution in [0.5, 0.6) is 23.0 Å². The van der Waals surface area contributed by atoms with Gasteiger partial charge < -0.3 is 28.7 Å². The van der Waals surface area contributed by atoms with Crippen molar-refractivity contribution in [2.24, 2.45) is 9.98 Å². The fourth-order valence-electron chi connectivity index (χ4n) is 7.38. The predicted octanol–water partition coefficient (Wildman–Crippen LogP) is 5.66. The van der Waals surface area contributed by atoms with Gasteiger partial charge in [-0.25, -0.2) is 0 Å². The van der Waals surface area contributed by atoms with Crippen molar-refractivity contribution in [2.75, 3.05) is 47.6 Å². The highest BCUT2D eigenvalue weighted by atomic mass is 16.5. The fourth-order valence-corrected chi connectivity index (χ4v) is 7.38. The summed E-state index contributed by atoms with van der Waals surface area (Å²) in [5, 5.41) is 0. The van der Waals surface area contributed by atoms with Crippen molar-refractivity contribution in [1.82, 2.24) is 14.7 Å². The number of ether oxygens (including phenoxy) is 4. The topological polar surface area (TPSA) is 106 Å². The van der Waals surface area contributed by atoms with Crippen molar-refractivity contribution < 1.29 is 28.5 Å². The number of benzene rings is 4. The van der Waals surface area contributed by atoms with Crippen LogP contribution in [0.4, 0.5) is 11.4 Å². The first-order chi connectivity index (χ1) is 25.4. The third-order valence-electron chi connectivity index (χ3n) is 10.4. The zero-order valence-corrected chi connectivity index (χ0v) is 29.6. The van der Waals surface area contributed by atoms with E-state index in [0.717, 1.165) is 24.0 Å². The van der Waals surface area contributed by atoms with Crippen LogP contribution in [0.15, 0.2) is 82.8 Å². The maximum absolute atomic E-state index is 13.7. The second-order valence-electron chi connectivity index (χ2n) is 13.5. The molecule has 0 spiro atoms. The van der Waals surface area contributed by atoms with Crippen molar-refractivity contribution in [1.29, 1.82) is 0 Å². The Bertz CT molecular complexity index is 1950. The van der Waals surface area contributed by atoms with Crippen molar-refractivity contribution >= 4 is 35.6 Å². The number of hydrogen-bond acceptors (Lipinski definition) is 9. The van der Waals surface area contributed by atoms with Gasteiger partial charge in [0.2, 0.25) is 0 Å². The zero-order valence-electron chi connectivity index (χ0n) is 29.6. The Morgan fingerprint density at radius 2 is 1.06 bits per heavy atom. The minimum Gasteiger partial charge on any atom is -0.493 e. The van der Waals surface area contributed by atoms with E-state index in [-0.39, 0.29) is 23.9 Å². The largest absolute Gasteiger partial charge is 0.493 e. The van der Waals surface area contributed by atoms with Crippen LogP contribution in [-0.4, -0.2) is 98.6 Å². The Labute approximate surface area is 303 Å². The minimum absolute atomic E-state index is 0.0668. The summed E-state index contributed by atoms with van der Waals surface area (Å²) in [6.45, 7) is 3.08. The van der Waals surface area contributed by atoms with E-state index in [9.17, 15) is 9.59 Å². The van der Waals surface area contributed by atoms with Crippen molar-refractivity contribution in [3.05, 3.63) is 106 Å². The standard InChI is InChI=1S/C41H41N5O6/c1-44(12-14-51-38-20-34-32(18-36(38)49-2)40(47)45-24-28-10-6-4-8-26(28)16-30(45)22-42-34)13-15-52-39-21-35-33(19-37(39)50-3)41(48)46-25-29-11-7-5-9-27(29)17-31(46)23-43-35/h4-11,18-23,30-31H,12-17,24-25H2,1-3H3. The number of rotatable bonds is 10. The second kappa shape index (κ2) is 14.1. The highest BCUT2D eigenvalue weighted by molar-refractivity contribution is 6.04. The number of carbonyl (C=O) groups is 2. The SMILES string of the molecule is COc1cc2c(cc1OCCN(C)CCOc1cc3c(cc1OC)C(=O)N1Cc4ccccc4CC1C=N3)N=CC1Cc3ccccc3CN1C2=O. The van der Waals surface area contributed by atoms with E-state index in [1.807, 2.05) is 53.5 Å². The monoisotopic (exact) mass is 699 g/mol. The Morgan fingerprint density at radius 1 is 0.635 bits per heavy atom. The van der Waals surface area contributed by atoms with Gasteiger partial charge in [-0.2, -0.15) is 0 Å². The molecule has 4 aromatic carbocycles. The maximum atomic E-state index is 13.7. The van der Waals surface area contributed by atoms with Crippen molar-refractivity contribution in [2.45, 2.75) is 38.0 Å². The van der Waals surface area contributed by atoms with Gasteiger partial charge >= 0.3 is 0 Å². The molecule has 4 heterocycles. The van der Waals surface area contributed by atoms with Gasteiger partial charge in [-0.05, 0) is 54.3 Å². The lowest BCUT2D eigenvalue weighted by molar-refractivity contribution is 0.0696. The predicted molar refractivity (Wildman–Crippen MR) is 198 cm³/mol. The first-order valence-corrected chi connectivity index (χ1v) is 17.6. The Balaban J connectivity index is 0.882. The molecule has 0 saturated carbocycles. The number of amides is 2. The Kier molecular flexibility index (Phi) is 9.11. The number of likely N-dealkylation sites (N-methyl/N-ethyl adjacent to an activating group) is 1. The van der Waals surface area contributed by atoms with Gasteiger partial charge in [-0.3, -0.25) is 24.5 Å². The molecular formula is C41H41N5O6. The molecule has 11 nitrogen and oxygen atoms in total. The van der Waals surface area contributed by atoms with Gasteiger partial charge in [0.1, 0.15) is 13.2 Å². The summed E-state index contributed by atoms with van der Waals surface area (Å²) in [5.41, 5.74) is 6.96. The molecule has 52 heavy (non-hydrogen) atoms. The van der Waals surface area contributed by atoms with Crippen LogP contribution in [0.25, 0.3) is 0 Å². The van der Waals surface area contributed by atoms with Gasteiger partial charge in [0.05, 0.1) is 48.8 Å². The van der Waals surface area contributed by atoms with Gasteiger partial charge in [-0.15, -0.1) is 0 Å². The molecule has 8 rings (SSSR count). The smallest absolute Gasteiger partial charge is 0.257 e. The zero-order chi connectivity index (χ0) is 35.8. The van der Waals surface area contributed by atoms with Crippen LogP contribution in [0.1, 0.15) is 43.0 Å². The second-order valence-corrected chi connectivity index (χ2v) is 13.5. The van der Waals surface area contributed by atoms with Crippen LogP contribution in [0, 0.1) is 0 Å². The molecule has 2 unspecified atom stereocenters. The molecule has 4 aliphatic heterocycles. The van der Waals surface area contributed by atoms with Crippen LogP contribution in [0.2, 0.25) is 0 Å². The minimum atomic E-state index is -0.109. The quantitative estimate of drug-likeness (QED) is 0.211. The van der Waals surface area contributed by atoms with Crippen LogP contribution in [0.3, 0.4) is 0 Å².